The first-order chi connectivity index (χ1) is 18.3. The van der Waals surface area contributed by atoms with E-state index in [0.717, 1.165) is 61.1 Å². The van der Waals surface area contributed by atoms with E-state index in [1.807, 2.05) is 48.7 Å². The minimum atomic E-state index is 0.809. The fourth-order valence-electron chi connectivity index (χ4n) is 5.20. The van der Waals surface area contributed by atoms with Crippen molar-refractivity contribution in [3.05, 3.63) is 109 Å². The predicted octanol–water partition coefficient (Wildman–Crippen LogP) is 10.7. The summed E-state index contributed by atoms with van der Waals surface area (Å²) >= 11 is 3.56. The zero-order valence-electron chi connectivity index (χ0n) is 19.4. The lowest BCUT2D eigenvalue weighted by molar-refractivity contribution is 0.581. The van der Waals surface area contributed by atoms with E-state index in [1.54, 1.807) is 28.9 Å². The van der Waals surface area contributed by atoms with E-state index in [4.69, 9.17) is 13.3 Å². The fourth-order valence-corrected chi connectivity index (χ4v) is 7.28. The summed E-state index contributed by atoms with van der Waals surface area (Å²) in [7, 11) is 0. The van der Waals surface area contributed by atoms with Crippen LogP contribution in [0, 0.1) is 0 Å². The number of furan rings is 3. The summed E-state index contributed by atoms with van der Waals surface area (Å²) in [4.78, 5) is 2.46. The van der Waals surface area contributed by atoms with Crippen LogP contribution >= 0.6 is 22.7 Å². The summed E-state index contributed by atoms with van der Waals surface area (Å²) in [5.41, 5.74) is 6.02. The van der Waals surface area contributed by atoms with Crippen LogP contribution < -0.4 is 0 Å². The molecule has 0 saturated heterocycles. The van der Waals surface area contributed by atoms with Gasteiger partial charge in [-0.15, -0.1) is 22.7 Å². The molecule has 0 saturated carbocycles. The second kappa shape index (κ2) is 8.10. The number of hydrogen-bond donors (Lipinski definition) is 0. The van der Waals surface area contributed by atoms with Gasteiger partial charge in [-0.1, -0.05) is 42.5 Å². The maximum atomic E-state index is 6.50. The van der Waals surface area contributed by atoms with Crippen molar-refractivity contribution in [3.63, 3.8) is 0 Å². The van der Waals surface area contributed by atoms with Crippen molar-refractivity contribution in [3.8, 4) is 43.5 Å². The number of para-hydroxylation sites is 2. The normalized spacial score (nSPS) is 11.8. The Bertz CT molecular complexity index is 2000. The molecule has 176 valence electrons. The summed E-state index contributed by atoms with van der Waals surface area (Å²) < 4.78 is 19.7. The number of benzene rings is 3. The molecule has 5 aromatic heterocycles. The van der Waals surface area contributed by atoms with Crippen molar-refractivity contribution in [2.24, 2.45) is 0 Å². The van der Waals surface area contributed by atoms with Crippen LogP contribution in [0.3, 0.4) is 0 Å². The molecule has 3 nitrogen and oxygen atoms in total. The standard InChI is InChI=1S/C32H18O3S2/c1-3-9-23-19(7-1)17-26(35-23)29-21(25-11-5-15-33-25)13-14-27-31(29)30(32(37-27)28-12-6-16-36-28)22-18-34-24-10-4-2-8-20(22)24/h1-18H. The summed E-state index contributed by atoms with van der Waals surface area (Å²) in [6, 6.07) is 31.1. The van der Waals surface area contributed by atoms with Crippen LogP contribution in [0.1, 0.15) is 0 Å². The van der Waals surface area contributed by atoms with Gasteiger partial charge in [0.1, 0.15) is 22.7 Å². The van der Waals surface area contributed by atoms with Gasteiger partial charge in [-0.2, -0.15) is 0 Å². The zero-order valence-corrected chi connectivity index (χ0v) is 21.1. The molecule has 5 heterocycles. The summed E-state index contributed by atoms with van der Waals surface area (Å²) in [5.74, 6) is 1.63. The quantitative estimate of drug-likeness (QED) is 0.234. The molecule has 0 aliphatic rings. The Morgan fingerprint density at radius 2 is 1.54 bits per heavy atom. The van der Waals surface area contributed by atoms with E-state index in [2.05, 4.69) is 53.9 Å². The molecule has 5 heteroatoms. The lowest BCUT2D eigenvalue weighted by Crippen LogP contribution is -1.86. The van der Waals surface area contributed by atoms with Gasteiger partial charge in [-0.3, -0.25) is 0 Å². The first-order valence-electron chi connectivity index (χ1n) is 12.0. The molecule has 8 rings (SSSR count). The average molecular weight is 515 g/mol. The third-order valence-corrected chi connectivity index (χ3v) is 9.01. The van der Waals surface area contributed by atoms with E-state index in [1.165, 1.54) is 14.5 Å². The highest BCUT2D eigenvalue weighted by Gasteiger charge is 2.26. The molecule has 0 aliphatic carbocycles. The highest BCUT2D eigenvalue weighted by molar-refractivity contribution is 7.26. The molecular weight excluding hydrogens is 496 g/mol. The van der Waals surface area contributed by atoms with Crippen molar-refractivity contribution in [1.29, 1.82) is 0 Å². The molecule has 0 atom stereocenters. The molecule has 0 fully saturated rings. The number of hydrogen-bond acceptors (Lipinski definition) is 5. The Morgan fingerprint density at radius 3 is 2.38 bits per heavy atom. The van der Waals surface area contributed by atoms with Crippen LogP contribution in [0.5, 0.6) is 0 Å². The SMILES string of the molecule is c1coc(-c2ccc3sc(-c4cccs4)c(-c4coc5ccccc45)c3c2-c2cc3ccccc3o2)c1. The van der Waals surface area contributed by atoms with Crippen LogP contribution in [-0.2, 0) is 0 Å². The van der Waals surface area contributed by atoms with E-state index >= 15 is 0 Å². The fraction of sp³-hybridized carbons (Fsp3) is 0. The first kappa shape index (κ1) is 20.8. The van der Waals surface area contributed by atoms with Crippen LogP contribution in [0.15, 0.2) is 122 Å². The molecule has 0 unspecified atom stereocenters. The van der Waals surface area contributed by atoms with Gasteiger partial charge in [0.25, 0.3) is 0 Å². The Morgan fingerprint density at radius 1 is 0.649 bits per heavy atom. The van der Waals surface area contributed by atoms with Crippen molar-refractivity contribution >= 4 is 54.7 Å². The molecule has 0 amide bonds. The van der Waals surface area contributed by atoms with Gasteiger partial charge < -0.3 is 13.3 Å². The second-order valence-electron chi connectivity index (χ2n) is 8.92. The topological polar surface area (TPSA) is 39.4 Å². The summed E-state index contributed by atoms with van der Waals surface area (Å²) in [6.07, 6.45) is 3.61. The monoisotopic (exact) mass is 514 g/mol. The lowest BCUT2D eigenvalue weighted by Gasteiger charge is -2.10. The zero-order chi connectivity index (χ0) is 24.3. The van der Waals surface area contributed by atoms with Crippen LogP contribution in [0.2, 0.25) is 0 Å². The van der Waals surface area contributed by atoms with Gasteiger partial charge in [0.15, 0.2) is 0 Å². The molecule has 0 bridgehead atoms. The van der Waals surface area contributed by atoms with Crippen LogP contribution in [0.4, 0.5) is 0 Å². The maximum Gasteiger partial charge on any atom is 0.136 e. The molecule has 8 aromatic rings. The van der Waals surface area contributed by atoms with Crippen molar-refractivity contribution in [2.45, 2.75) is 0 Å². The van der Waals surface area contributed by atoms with E-state index in [0.29, 0.717) is 0 Å². The van der Waals surface area contributed by atoms with E-state index < -0.39 is 0 Å². The Kier molecular flexibility index (Phi) is 4.56. The Labute approximate surface area is 219 Å². The van der Waals surface area contributed by atoms with Gasteiger partial charge in [0, 0.05) is 48.0 Å². The number of fused-ring (bicyclic) bond motifs is 3. The largest absolute Gasteiger partial charge is 0.464 e. The summed E-state index contributed by atoms with van der Waals surface area (Å²) in [6.45, 7) is 0. The van der Waals surface area contributed by atoms with Gasteiger partial charge in [-0.25, -0.2) is 0 Å². The van der Waals surface area contributed by atoms with Gasteiger partial charge >= 0.3 is 0 Å². The second-order valence-corrected chi connectivity index (χ2v) is 10.9. The number of thiophene rings is 2. The molecule has 37 heavy (non-hydrogen) atoms. The van der Waals surface area contributed by atoms with Gasteiger partial charge in [0.05, 0.1) is 17.4 Å². The predicted molar refractivity (Wildman–Crippen MR) is 153 cm³/mol. The van der Waals surface area contributed by atoms with Crippen molar-refractivity contribution < 1.29 is 13.3 Å². The summed E-state index contributed by atoms with van der Waals surface area (Å²) in [5, 5.41) is 5.45. The van der Waals surface area contributed by atoms with Gasteiger partial charge in [-0.05, 0) is 53.9 Å². The van der Waals surface area contributed by atoms with Crippen LogP contribution in [0.25, 0.3) is 75.6 Å². The third-order valence-electron chi connectivity index (χ3n) is 6.81. The smallest absolute Gasteiger partial charge is 0.136 e. The molecule has 0 spiro atoms. The minimum absolute atomic E-state index is 0.809. The highest BCUT2D eigenvalue weighted by Crippen LogP contribution is 2.53. The Balaban J connectivity index is 1.56. The maximum absolute atomic E-state index is 6.50. The van der Waals surface area contributed by atoms with E-state index in [-0.39, 0.29) is 0 Å². The lowest BCUT2D eigenvalue weighted by atomic mass is 9.92. The third kappa shape index (κ3) is 3.18. The highest BCUT2D eigenvalue weighted by atomic mass is 32.1. The molecular formula is C32H18O3S2. The van der Waals surface area contributed by atoms with Gasteiger partial charge in [0.2, 0.25) is 0 Å². The average Bonchev–Trinajstić information content (AvgIpc) is 3.76. The van der Waals surface area contributed by atoms with Crippen molar-refractivity contribution in [1.82, 2.24) is 0 Å². The molecule has 0 aliphatic heterocycles. The first-order valence-corrected chi connectivity index (χ1v) is 13.7. The van der Waals surface area contributed by atoms with Crippen LogP contribution in [-0.4, -0.2) is 0 Å². The minimum Gasteiger partial charge on any atom is -0.464 e. The van der Waals surface area contributed by atoms with Crippen molar-refractivity contribution in [2.75, 3.05) is 0 Å². The molecule has 0 N–H and O–H groups in total. The molecule has 0 radical (unpaired) electrons. The van der Waals surface area contributed by atoms with E-state index in [9.17, 15) is 0 Å². The molecule has 3 aromatic carbocycles. The number of rotatable bonds is 4. The Hall–Kier alpha value is -4.32.